The van der Waals surface area contributed by atoms with Gasteiger partial charge in [0.2, 0.25) is 5.91 Å². The van der Waals surface area contributed by atoms with E-state index >= 15 is 0 Å². The maximum absolute atomic E-state index is 11.6. The maximum atomic E-state index is 11.6. The van der Waals surface area contributed by atoms with Gasteiger partial charge in [0, 0.05) is 5.88 Å². The third kappa shape index (κ3) is 3.26. The molecule has 0 aromatic heterocycles. The van der Waals surface area contributed by atoms with Crippen LogP contribution in [0.4, 0.5) is 0 Å². The van der Waals surface area contributed by atoms with E-state index in [4.69, 9.17) is 23.2 Å². The van der Waals surface area contributed by atoms with Gasteiger partial charge in [-0.2, -0.15) is 5.26 Å². The molecule has 1 aliphatic rings. The Balaban J connectivity index is 2.62. The normalized spacial score (nSPS) is 31.5. The van der Waals surface area contributed by atoms with Gasteiger partial charge in [-0.3, -0.25) is 4.79 Å². The van der Waals surface area contributed by atoms with Gasteiger partial charge in [0.15, 0.2) is 0 Å². The van der Waals surface area contributed by atoms with Gasteiger partial charge in [-0.25, -0.2) is 0 Å². The Morgan fingerprint density at radius 1 is 1.62 bits per heavy atom. The van der Waals surface area contributed by atoms with Crippen molar-refractivity contribution in [3.8, 4) is 6.07 Å². The molecule has 0 bridgehead atoms. The minimum absolute atomic E-state index is 0.0608. The van der Waals surface area contributed by atoms with E-state index in [0.717, 1.165) is 12.8 Å². The summed E-state index contributed by atoms with van der Waals surface area (Å²) in [7, 11) is 0. The predicted molar refractivity (Wildman–Crippen MR) is 64.5 cm³/mol. The number of hydrogen-bond acceptors (Lipinski definition) is 2. The molecule has 3 nitrogen and oxygen atoms in total. The second-order valence-corrected chi connectivity index (χ2v) is 5.32. The summed E-state index contributed by atoms with van der Waals surface area (Å²) in [6.07, 6.45) is 3.31. The molecular weight excluding hydrogens is 247 g/mol. The van der Waals surface area contributed by atoms with Gasteiger partial charge in [0.25, 0.3) is 0 Å². The molecular formula is C11H16Cl2N2O. The van der Waals surface area contributed by atoms with E-state index in [2.05, 4.69) is 18.3 Å². The Kier molecular flexibility index (Phi) is 4.89. The van der Waals surface area contributed by atoms with Gasteiger partial charge in [-0.1, -0.05) is 6.92 Å². The van der Waals surface area contributed by atoms with Crippen LogP contribution in [0.1, 0.15) is 32.6 Å². The van der Waals surface area contributed by atoms with Gasteiger partial charge < -0.3 is 5.32 Å². The van der Waals surface area contributed by atoms with Crippen molar-refractivity contribution < 1.29 is 4.79 Å². The average Bonchev–Trinajstić information content (AvgIpc) is 2.31. The van der Waals surface area contributed by atoms with Crippen LogP contribution >= 0.6 is 23.2 Å². The first-order valence-electron chi connectivity index (χ1n) is 5.46. The molecule has 1 N–H and O–H groups in total. The molecule has 0 aromatic carbocycles. The molecule has 1 amide bonds. The minimum Gasteiger partial charge on any atom is -0.336 e. The molecule has 5 heteroatoms. The van der Waals surface area contributed by atoms with Crippen LogP contribution < -0.4 is 5.32 Å². The summed E-state index contributed by atoms with van der Waals surface area (Å²) in [5.74, 6) is 0.344. The van der Waals surface area contributed by atoms with Crippen molar-refractivity contribution in [2.24, 2.45) is 5.92 Å². The molecule has 0 aromatic rings. The Morgan fingerprint density at radius 2 is 2.19 bits per heavy atom. The van der Waals surface area contributed by atoms with Crippen LogP contribution in [-0.4, -0.2) is 22.7 Å². The van der Waals surface area contributed by atoms with Crippen molar-refractivity contribution in [2.75, 3.05) is 5.88 Å². The van der Waals surface area contributed by atoms with E-state index in [1.807, 2.05) is 0 Å². The second kappa shape index (κ2) is 5.75. The monoisotopic (exact) mass is 262 g/mol. The molecule has 0 heterocycles. The van der Waals surface area contributed by atoms with Crippen molar-refractivity contribution >= 4 is 29.1 Å². The molecule has 1 saturated carbocycles. The molecule has 1 atom stereocenters. The fourth-order valence-electron chi connectivity index (χ4n) is 1.90. The molecule has 1 unspecified atom stereocenters. The summed E-state index contributed by atoms with van der Waals surface area (Å²) >= 11 is 11.2. The summed E-state index contributed by atoms with van der Waals surface area (Å²) in [6.45, 7) is 2.16. The minimum atomic E-state index is -0.758. The number of amides is 1. The van der Waals surface area contributed by atoms with Crippen LogP contribution in [0, 0.1) is 17.2 Å². The maximum Gasteiger partial charge on any atom is 0.240 e. The van der Waals surface area contributed by atoms with Crippen LogP contribution in [0.5, 0.6) is 0 Å². The summed E-state index contributed by atoms with van der Waals surface area (Å²) in [4.78, 5) is 11.6. The van der Waals surface area contributed by atoms with Gasteiger partial charge in [0.05, 0.1) is 6.07 Å². The topological polar surface area (TPSA) is 52.9 Å². The van der Waals surface area contributed by atoms with Crippen LogP contribution in [0.25, 0.3) is 0 Å². The number of nitriles is 1. The summed E-state index contributed by atoms with van der Waals surface area (Å²) in [5.41, 5.74) is -0.733. The van der Waals surface area contributed by atoms with Crippen molar-refractivity contribution in [2.45, 2.75) is 43.5 Å². The molecule has 0 saturated heterocycles. The van der Waals surface area contributed by atoms with E-state index in [1.54, 1.807) is 0 Å². The number of rotatable bonds is 3. The third-order valence-corrected chi connectivity index (χ3v) is 3.94. The zero-order valence-corrected chi connectivity index (χ0v) is 10.8. The highest BCUT2D eigenvalue weighted by Gasteiger charge is 2.36. The van der Waals surface area contributed by atoms with Crippen molar-refractivity contribution in [1.82, 2.24) is 5.32 Å². The first-order valence-corrected chi connectivity index (χ1v) is 6.43. The lowest BCUT2D eigenvalue weighted by atomic mass is 9.78. The molecule has 0 spiro atoms. The summed E-state index contributed by atoms with van der Waals surface area (Å²) in [5, 5.41) is 11.2. The zero-order valence-electron chi connectivity index (χ0n) is 9.30. The number of alkyl halides is 2. The number of halogens is 2. The lowest BCUT2D eigenvalue weighted by Gasteiger charge is -2.34. The van der Waals surface area contributed by atoms with E-state index in [0.29, 0.717) is 18.8 Å². The molecule has 90 valence electrons. The number of nitrogens with one attached hydrogen (secondary N) is 1. The highest BCUT2D eigenvalue weighted by molar-refractivity contribution is 6.36. The standard InChI is InChI=1S/C11H16Cl2N2O/c1-8-2-4-11(7-14,5-3-8)15-10(16)9(13)6-12/h8-9H,2-6H2,1H3,(H,15,16). The highest BCUT2D eigenvalue weighted by atomic mass is 35.5. The third-order valence-electron chi connectivity index (χ3n) is 3.12. The SMILES string of the molecule is CC1CCC(C#N)(NC(=O)C(Cl)CCl)CC1. The largest absolute Gasteiger partial charge is 0.336 e. The van der Waals surface area contributed by atoms with E-state index in [-0.39, 0.29) is 11.8 Å². The Morgan fingerprint density at radius 3 is 2.62 bits per heavy atom. The molecule has 1 fully saturated rings. The molecule has 1 aliphatic carbocycles. The number of hydrogen-bond donors (Lipinski definition) is 1. The first-order chi connectivity index (χ1) is 7.53. The number of carbonyl (C=O) groups excluding carboxylic acids is 1. The molecule has 16 heavy (non-hydrogen) atoms. The molecule has 0 radical (unpaired) electrons. The van der Waals surface area contributed by atoms with Crippen molar-refractivity contribution in [3.63, 3.8) is 0 Å². The average molecular weight is 263 g/mol. The van der Waals surface area contributed by atoms with E-state index < -0.39 is 10.9 Å². The van der Waals surface area contributed by atoms with Crippen LogP contribution in [0.3, 0.4) is 0 Å². The highest BCUT2D eigenvalue weighted by Crippen LogP contribution is 2.31. The number of carbonyl (C=O) groups is 1. The van der Waals surface area contributed by atoms with Gasteiger partial charge in [-0.15, -0.1) is 23.2 Å². The zero-order chi connectivity index (χ0) is 12.2. The Labute approximate surface area is 106 Å². The predicted octanol–water partition coefficient (Wildman–Crippen LogP) is 2.42. The second-order valence-electron chi connectivity index (χ2n) is 4.49. The molecule has 1 rings (SSSR count). The van der Waals surface area contributed by atoms with Crippen LogP contribution in [0.15, 0.2) is 0 Å². The van der Waals surface area contributed by atoms with Crippen molar-refractivity contribution in [1.29, 1.82) is 5.26 Å². The van der Waals surface area contributed by atoms with Crippen LogP contribution in [-0.2, 0) is 4.79 Å². The van der Waals surface area contributed by atoms with Gasteiger partial charge in [-0.05, 0) is 31.6 Å². The fraction of sp³-hybridized carbons (Fsp3) is 0.818. The van der Waals surface area contributed by atoms with E-state index in [1.165, 1.54) is 0 Å². The van der Waals surface area contributed by atoms with Crippen LogP contribution in [0.2, 0.25) is 0 Å². The quantitative estimate of drug-likeness (QED) is 0.795. The van der Waals surface area contributed by atoms with Gasteiger partial charge in [0.1, 0.15) is 10.9 Å². The summed E-state index contributed by atoms with van der Waals surface area (Å²) < 4.78 is 0. The lowest BCUT2D eigenvalue weighted by molar-refractivity contribution is -0.122. The van der Waals surface area contributed by atoms with E-state index in [9.17, 15) is 10.1 Å². The van der Waals surface area contributed by atoms with Crippen molar-refractivity contribution in [3.05, 3.63) is 0 Å². The van der Waals surface area contributed by atoms with Gasteiger partial charge >= 0.3 is 0 Å². The Bertz CT molecular complexity index is 293. The first kappa shape index (κ1) is 13.6. The summed E-state index contributed by atoms with van der Waals surface area (Å²) in [6, 6.07) is 2.21. The lowest BCUT2D eigenvalue weighted by Crippen LogP contribution is -2.52. The smallest absolute Gasteiger partial charge is 0.240 e. The number of nitrogens with zero attached hydrogens (tertiary/aromatic N) is 1. The Hall–Kier alpha value is -0.460. The fourth-order valence-corrected chi connectivity index (χ4v) is 2.10. The molecule has 0 aliphatic heterocycles.